The van der Waals surface area contributed by atoms with Crippen molar-refractivity contribution in [2.24, 2.45) is 5.73 Å². The number of morpholine rings is 1. The molecule has 6 nitrogen and oxygen atoms in total. The number of nitrogens with zero attached hydrogens (tertiary/aromatic N) is 1. The van der Waals surface area contributed by atoms with Gasteiger partial charge in [0.2, 0.25) is 5.91 Å². The standard InChI is InChI=1S/C14H17BrN2O4/c1-20-13-3-2-9(6-10(13)15)12(18)7-17-4-5-21-8-11(17)14(16)19/h2-3,6,11H,4-5,7-8H2,1H3,(H2,16,19). The molecule has 0 radical (unpaired) electrons. The van der Waals surface area contributed by atoms with Crippen molar-refractivity contribution < 1.29 is 19.1 Å². The third-order valence-corrected chi connectivity index (χ3v) is 4.01. The molecule has 1 aliphatic rings. The Labute approximate surface area is 131 Å². The number of hydrogen-bond donors (Lipinski definition) is 1. The number of primary amides is 1. The summed E-state index contributed by atoms with van der Waals surface area (Å²) in [5.41, 5.74) is 5.89. The van der Waals surface area contributed by atoms with E-state index >= 15 is 0 Å². The van der Waals surface area contributed by atoms with Crippen LogP contribution < -0.4 is 10.5 Å². The van der Waals surface area contributed by atoms with Crippen LogP contribution >= 0.6 is 15.9 Å². The summed E-state index contributed by atoms with van der Waals surface area (Å²) in [6.07, 6.45) is 0. The summed E-state index contributed by atoms with van der Waals surface area (Å²) in [6.45, 7) is 1.37. The second-order valence-electron chi connectivity index (χ2n) is 4.74. The second-order valence-corrected chi connectivity index (χ2v) is 5.59. The number of nitrogens with two attached hydrogens (primary N) is 1. The number of benzene rings is 1. The van der Waals surface area contributed by atoms with Crippen LogP contribution in [0.4, 0.5) is 0 Å². The minimum Gasteiger partial charge on any atom is -0.496 e. The molecule has 1 saturated heterocycles. The van der Waals surface area contributed by atoms with E-state index in [9.17, 15) is 9.59 Å². The van der Waals surface area contributed by atoms with Crippen molar-refractivity contribution in [1.82, 2.24) is 4.90 Å². The van der Waals surface area contributed by atoms with Crippen LogP contribution in [-0.4, -0.2) is 56.0 Å². The lowest BCUT2D eigenvalue weighted by Crippen LogP contribution is -2.53. The van der Waals surface area contributed by atoms with Crippen LogP contribution in [0, 0.1) is 0 Å². The Morgan fingerprint density at radius 3 is 2.90 bits per heavy atom. The SMILES string of the molecule is COc1ccc(C(=O)CN2CCOCC2C(N)=O)cc1Br. The Hall–Kier alpha value is -1.44. The van der Waals surface area contributed by atoms with Gasteiger partial charge < -0.3 is 15.2 Å². The summed E-state index contributed by atoms with van der Waals surface area (Å²) in [4.78, 5) is 25.5. The molecule has 1 amide bonds. The molecule has 1 unspecified atom stereocenters. The first-order valence-electron chi connectivity index (χ1n) is 6.50. The molecule has 1 atom stereocenters. The fourth-order valence-electron chi connectivity index (χ4n) is 2.20. The maximum Gasteiger partial charge on any atom is 0.237 e. The van der Waals surface area contributed by atoms with Gasteiger partial charge in [-0.1, -0.05) is 0 Å². The average Bonchev–Trinajstić information content (AvgIpc) is 2.47. The zero-order valence-corrected chi connectivity index (χ0v) is 13.3. The third kappa shape index (κ3) is 3.81. The normalized spacial score (nSPS) is 19.2. The number of amides is 1. The fraction of sp³-hybridized carbons (Fsp3) is 0.429. The molecule has 0 saturated carbocycles. The van der Waals surface area contributed by atoms with Gasteiger partial charge in [-0.15, -0.1) is 0 Å². The van der Waals surface area contributed by atoms with Crippen LogP contribution in [0.2, 0.25) is 0 Å². The van der Waals surface area contributed by atoms with E-state index in [1.807, 2.05) is 0 Å². The second kappa shape index (κ2) is 7.02. The molecule has 2 rings (SSSR count). The molecule has 1 heterocycles. The summed E-state index contributed by atoms with van der Waals surface area (Å²) in [6, 6.07) is 4.58. The number of Topliss-reactive ketones (excluding diaryl/α,β-unsaturated/α-hetero) is 1. The lowest BCUT2D eigenvalue weighted by atomic mass is 10.1. The molecule has 0 bridgehead atoms. The van der Waals surface area contributed by atoms with E-state index in [1.165, 1.54) is 0 Å². The summed E-state index contributed by atoms with van der Waals surface area (Å²) >= 11 is 3.35. The van der Waals surface area contributed by atoms with Crippen molar-refractivity contribution in [3.05, 3.63) is 28.2 Å². The van der Waals surface area contributed by atoms with Crippen LogP contribution in [0.5, 0.6) is 5.75 Å². The van der Waals surface area contributed by atoms with Gasteiger partial charge in [-0.25, -0.2) is 0 Å². The molecule has 1 fully saturated rings. The zero-order valence-electron chi connectivity index (χ0n) is 11.7. The number of methoxy groups -OCH3 is 1. The minimum absolute atomic E-state index is 0.0773. The highest BCUT2D eigenvalue weighted by atomic mass is 79.9. The summed E-state index contributed by atoms with van der Waals surface area (Å²) in [7, 11) is 1.56. The highest BCUT2D eigenvalue weighted by Crippen LogP contribution is 2.25. The Bertz CT molecular complexity index is 550. The molecule has 2 N–H and O–H groups in total. The smallest absolute Gasteiger partial charge is 0.237 e. The third-order valence-electron chi connectivity index (χ3n) is 3.39. The quantitative estimate of drug-likeness (QED) is 0.790. The van der Waals surface area contributed by atoms with Crippen molar-refractivity contribution in [3.8, 4) is 5.75 Å². The van der Waals surface area contributed by atoms with Crippen molar-refractivity contribution >= 4 is 27.6 Å². The molecule has 1 aliphatic heterocycles. The lowest BCUT2D eigenvalue weighted by molar-refractivity contribution is -0.128. The Morgan fingerprint density at radius 1 is 1.52 bits per heavy atom. The number of hydrogen-bond acceptors (Lipinski definition) is 5. The predicted octanol–water partition coefficient (Wildman–Crippen LogP) is 0.827. The minimum atomic E-state index is -0.551. The van der Waals surface area contributed by atoms with Gasteiger partial charge in [0.1, 0.15) is 11.8 Å². The van der Waals surface area contributed by atoms with Crippen LogP contribution in [0.1, 0.15) is 10.4 Å². The van der Waals surface area contributed by atoms with Gasteiger partial charge in [0.15, 0.2) is 5.78 Å². The van der Waals surface area contributed by atoms with Crippen LogP contribution in [0.15, 0.2) is 22.7 Å². The zero-order chi connectivity index (χ0) is 15.4. The Kier molecular flexibility index (Phi) is 5.33. The maximum atomic E-state index is 12.3. The molecular weight excluding hydrogens is 340 g/mol. The van der Waals surface area contributed by atoms with E-state index < -0.39 is 11.9 Å². The fourth-order valence-corrected chi connectivity index (χ4v) is 2.75. The number of carbonyl (C=O) groups is 2. The maximum absolute atomic E-state index is 12.3. The first-order valence-corrected chi connectivity index (χ1v) is 7.30. The monoisotopic (exact) mass is 356 g/mol. The van der Waals surface area contributed by atoms with Gasteiger partial charge in [-0.3, -0.25) is 14.5 Å². The largest absolute Gasteiger partial charge is 0.496 e. The van der Waals surface area contributed by atoms with Gasteiger partial charge in [-0.05, 0) is 34.1 Å². The molecule has 21 heavy (non-hydrogen) atoms. The number of carbonyl (C=O) groups excluding carboxylic acids is 2. The van der Waals surface area contributed by atoms with E-state index in [0.29, 0.717) is 28.9 Å². The number of ether oxygens (including phenoxy) is 2. The Balaban J connectivity index is 2.09. The molecule has 7 heteroatoms. The summed E-state index contributed by atoms with van der Waals surface area (Å²) in [5.74, 6) is 0.109. The molecule has 1 aromatic carbocycles. The van der Waals surface area contributed by atoms with Gasteiger partial charge in [0, 0.05) is 12.1 Å². The van der Waals surface area contributed by atoms with Crippen molar-refractivity contribution in [1.29, 1.82) is 0 Å². The number of halogens is 1. The molecule has 0 spiro atoms. The van der Waals surface area contributed by atoms with Gasteiger partial charge in [0.05, 0.1) is 31.3 Å². The van der Waals surface area contributed by atoms with Crippen molar-refractivity contribution in [2.45, 2.75) is 6.04 Å². The summed E-state index contributed by atoms with van der Waals surface area (Å²) in [5, 5.41) is 0. The number of ketones is 1. The van der Waals surface area contributed by atoms with E-state index in [1.54, 1.807) is 30.2 Å². The van der Waals surface area contributed by atoms with Crippen LogP contribution in [-0.2, 0) is 9.53 Å². The van der Waals surface area contributed by atoms with Gasteiger partial charge in [-0.2, -0.15) is 0 Å². The van der Waals surface area contributed by atoms with E-state index in [4.69, 9.17) is 15.2 Å². The number of rotatable bonds is 5. The molecule has 1 aromatic rings. The first-order chi connectivity index (χ1) is 10.0. The van der Waals surface area contributed by atoms with Gasteiger partial charge >= 0.3 is 0 Å². The lowest BCUT2D eigenvalue weighted by Gasteiger charge is -2.32. The van der Waals surface area contributed by atoms with E-state index in [-0.39, 0.29) is 18.9 Å². The predicted molar refractivity (Wildman–Crippen MR) is 80.4 cm³/mol. The first kappa shape index (κ1) is 15.9. The van der Waals surface area contributed by atoms with Crippen LogP contribution in [0.25, 0.3) is 0 Å². The summed E-state index contributed by atoms with van der Waals surface area (Å²) < 4.78 is 11.1. The highest BCUT2D eigenvalue weighted by molar-refractivity contribution is 9.10. The highest BCUT2D eigenvalue weighted by Gasteiger charge is 2.29. The van der Waals surface area contributed by atoms with Gasteiger partial charge in [0.25, 0.3) is 0 Å². The van der Waals surface area contributed by atoms with Crippen LogP contribution in [0.3, 0.4) is 0 Å². The van der Waals surface area contributed by atoms with Crippen molar-refractivity contribution in [2.75, 3.05) is 33.4 Å². The van der Waals surface area contributed by atoms with E-state index in [2.05, 4.69) is 15.9 Å². The Morgan fingerprint density at radius 2 is 2.29 bits per heavy atom. The molecule has 114 valence electrons. The topological polar surface area (TPSA) is 81.9 Å². The molecule has 0 aliphatic carbocycles. The average molecular weight is 357 g/mol. The van der Waals surface area contributed by atoms with E-state index in [0.717, 1.165) is 0 Å². The van der Waals surface area contributed by atoms with Crippen molar-refractivity contribution in [3.63, 3.8) is 0 Å². The molecular formula is C14H17BrN2O4. The molecule has 0 aromatic heterocycles.